The lowest BCUT2D eigenvalue weighted by molar-refractivity contribution is 0.0601. The molecule has 0 radical (unpaired) electrons. The maximum Gasteiger partial charge on any atom is 0.337 e. The minimum atomic E-state index is -0.319. The summed E-state index contributed by atoms with van der Waals surface area (Å²) >= 11 is 0. The monoisotopic (exact) mass is 309 g/mol. The number of esters is 1. The topological polar surface area (TPSA) is 40.5 Å². The number of fused-ring (bicyclic) bond motifs is 1. The Bertz CT molecular complexity index is 793. The lowest BCUT2D eigenvalue weighted by atomic mass is 10.1. The molecule has 118 valence electrons. The van der Waals surface area contributed by atoms with E-state index in [4.69, 9.17) is 9.47 Å². The van der Waals surface area contributed by atoms with Crippen LogP contribution in [0.1, 0.15) is 15.9 Å². The first-order chi connectivity index (χ1) is 11.3. The van der Waals surface area contributed by atoms with Crippen molar-refractivity contribution in [1.82, 2.24) is 4.57 Å². The van der Waals surface area contributed by atoms with E-state index in [1.54, 1.807) is 6.07 Å². The van der Waals surface area contributed by atoms with Crippen LogP contribution in [0.15, 0.2) is 60.8 Å². The molecule has 1 heterocycles. The fraction of sp³-hybridized carbons (Fsp3) is 0.211. The number of hydrogen-bond acceptors (Lipinski definition) is 3. The second kappa shape index (κ2) is 7.11. The minimum absolute atomic E-state index is 0.319. The van der Waals surface area contributed by atoms with Crippen molar-refractivity contribution in [1.29, 1.82) is 0 Å². The van der Waals surface area contributed by atoms with Gasteiger partial charge in [-0.2, -0.15) is 0 Å². The zero-order chi connectivity index (χ0) is 16.1. The summed E-state index contributed by atoms with van der Waals surface area (Å²) in [7, 11) is 1.39. The summed E-state index contributed by atoms with van der Waals surface area (Å²) in [6.45, 7) is 1.95. The van der Waals surface area contributed by atoms with Gasteiger partial charge in [-0.1, -0.05) is 36.4 Å². The lowest BCUT2D eigenvalue weighted by Gasteiger charge is -2.08. The number of nitrogens with zero attached hydrogens (tertiary/aromatic N) is 1. The molecule has 0 aliphatic rings. The van der Waals surface area contributed by atoms with Gasteiger partial charge in [-0.25, -0.2) is 4.79 Å². The van der Waals surface area contributed by atoms with Crippen LogP contribution in [0.25, 0.3) is 10.9 Å². The van der Waals surface area contributed by atoms with Crippen molar-refractivity contribution in [3.8, 4) is 0 Å². The number of benzene rings is 2. The number of ether oxygens (including phenoxy) is 2. The van der Waals surface area contributed by atoms with Gasteiger partial charge in [0, 0.05) is 18.3 Å². The standard InChI is InChI=1S/C19H19NO3/c1-22-19(21)17-8-7-16-9-10-20(18(16)13-17)11-12-23-14-15-5-3-2-4-6-15/h2-10,13H,11-12,14H2,1H3. The summed E-state index contributed by atoms with van der Waals surface area (Å²) in [5, 5.41) is 1.10. The number of aromatic nitrogens is 1. The molecule has 0 atom stereocenters. The van der Waals surface area contributed by atoms with E-state index in [1.807, 2.05) is 54.7 Å². The molecular formula is C19H19NO3. The van der Waals surface area contributed by atoms with Gasteiger partial charge in [0.25, 0.3) is 0 Å². The van der Waals surface area contributed by atoms with Gasteiger partial charge in [0.05, 0.1) is 25.9 Å². The zero-order valence-corrected chi connectivity index (χ0v) is 13.1. The third-order valence-corrected chi connectivity index (χ3v) is 3.78. The van der Waals surface area contributed by atoms with Crippen molar-refractivity contribution < 1.29 is 14.3 Å². The van der Waals surface area contributed by atoms with Crippen molar-refractivity contribution in [2.24, 2.45) is 0 Å². The van der Waals surface area contributed by atoms with E-state index < -0.39 is 0 Å². The first-order valence-corrected chi connectivity index (χ1v) is 7.57. The molecule has 4 nitrogen and oxygen atoms in total. The van der Waals surface area contributed by atoms with Crippen LogP contribution in [0.4, 0.5) is 0 Å². The molecule has 0 saturated heterocycles. The Labute approximate surface area is 135 Å². The summed E-state index contributed by atoms with van der Waals surface area (Å²) < 4.78 is 12.6. The minimum Gasteiger partial charge on any atom is -0.465 e. The van der Waals surface area contributed by atoms with Crippen LogP contribution in [0.5, 0.6) is 0 Å². The Morgan fingerprint density at radius 3 is 2.70 bits per heavy atom. The van der Waals surface area contributed by atoms with Gasteiger partial charge in [0.1, 0.15) is 0 Å². The van der Waals surface area contributed by atoms with Crippen molar-refractivity contribution in [3.05, 3.63) is 71.9 Å². The fourth-order valence-electron chi connectivity index (χ4n) is 2.55. The molecule has 0 saturated carbocycles. The average Bonchev–Trinajstić information content (AvgIpc) is 3.01. The maximum absolute atomic E-state index is 11.7. The molecule has 3 rings (SSSR count). The molecule has 23 heavy (non-hydrogen) atoms. The summed E-state index contributed by atoms with van der Waals surface area (Å²) in [5.74, 6) is -0.319. The summed E-state index contributed by atoms with van der Waals surface area (Å²) in [4.78, 5) is 11.7. The normalized spacial score (nSPS) is 10.8. The molecule has 0 unspecified atom stereocenters. The predicted molar refractivity (Wildman–Crippen MR) is 89.4 cm³/mol. The van der Waals surface area contributed by atoms with E-state index in [9.17, 15) is 4.79 Å². The van der Waals surface area contributed by atoms with E-state index in [0.29, 0.717) is 18.8 Å². The summed E-state index contributed by atoms with van der Waals surface area (Å²) in [6, 6.07) is 17.7. The van der Waals surface area contributed by atoms with Crippen molar-refractivity contribution in [3.63, 3.8) is 0 Å². The average molecular weight is 309 g/mol. The molecular weight excluding hydrogens is 290 g/mol. The van der Waals surface area contributed by atoms with Gasteiger partial charge in [0.15, 0.2) is 0 Å². The number of carbonyl (C=O) groups excluding carboxylic acids is 1. The Hall–Kier alpha value is -2.59. The number of methoxy groups -OCH3 is 1. The molecule has 0 aliphatic carbocycles. The van der Waals surface area contributed by atoms with E-state index >= 15 is 0 Å². The van der Waals surface area contributed by atoms with E-state index in [2.05, 4.69) is 4.57 Å². The van der Waals surface area contributed by atoms with Gasteiger partial charge >= 0.3 is 5.97 Å². The Balaban J connectivity index is 1.64. The lowest BCUT2D eigenvalue weighted by Crippen LogP contribution is -2.06. The van der Waals surface area contributed by atoms with Gasteiger partial charge < -0.3 is 14.0 Å². The SMILES string of the molecule is COC(=O)c1ccc2ccn(CCOCc3ccccc3)c2c1. The molecule has 1 aromatic heterocycles. The highest BCUT2D eigenvalue weighted by Gasteiger charge is 2.08. The van der Waals surface area contributed by atoms with Crippen LogP contribution < -0.4 is 0 Å². The highest BCUT2D eigenvalue weighted by molar-refractivity contribution is 5.94. The van der Waals surface area contributed by atoms with Gasteiger partial charge in [0.2, 0.25) is 0 Å². The van der Waals surface area contributed by atoms with Crippen LogP contribution >= 0.6 is 0 Å². The zero-order valence-electron chi connectivity index (χ0n) is 13.1. The van der Waals surface area contributed by atoms with Gasteiger partial charge in [-0.15, -0.1) is 0 Å². The van der Waals surface area contributed by atoms with Gasteiger partial charge in [-0.05, 0) is 29.1 Å². The molecule has 0 fully saturated rings. The van der Waals surface area contributed by atoms with Crippen molar-refractivity contribution in [2.75, 3.05) is 13.7 Å². The highest BCUT2D eigenvalue weighted by Crippen LogP contribution is 2.18. The number of rotatable bonds is 6. The molecule has 0 amide bonds. The first kappa shape index (κ1) is 15.3. The van der Waals surface area contributed by atoms with Crippen LogP contribution in [0.3, 0.4) is 0 Å². The predicted octanol–water partition coefficient (Wildman–Crippen LogP) is 3.64. The summed E-state index contributed by atoms with van der Waals surface area (Å²) in [6.07, 6.45) is 2.01. The first-order valence-electron chi connectivity index (χ1n) is 7.57. The largest absolute Gasteiger partial charge is 0.465 e. The second-order valence-corrected chi connectivity index (χ2v) is 5.31. The number of carbonyl (C=O) groups is 1. The molecule has 0 aliphatic heterocycles. The van der Waals surface area contributed by atoms with Crippen LogP contribution in [-0.2, 0) is 22.6 Å². The Kier molecular flexibility index (Phi) is 4.74. The molecule has 0 bridgehead atoms. The van der Waals surface area contributed by atoms with E-state index in [-0.39, 0.29) is 5.97 Å². The maximum atomic E-state index is 11.7. The van der Waals surface area contributed by atoms with Crippen LogP contribution in [0, 0.1) is 0 Å². The Morgan fingerprint density at radius 1 is 1.09 bits per heavy atom. The third-order valence-electron chi connectivity index (χ3n) is 3.78. The van der Waals surface area contributed by atoms with Gasteiger partial charge in [-0.3, -0.25) is 0 Å². The molecule has 0 spiro atoms. The smallest absolute Gasteiger partial charge is 0.337 e. The van der Waals surface area contributed by atoms with Crippen LogP contribution in [-0.4, -0.2) is 24.3 Å². The second-order valence-electron chi connectivity index (χ2n) is 5.31. The van der Waals surface area contributed by atoms with Crippen molar-refractivity contribution in [2.45, 2.75) is 13.2 Å². The van der Waals surface area contributed by atoms with E-state index in [1.165, 1.54) is 7.11 Å². The van der Waals surface area contributed by atoms with Crippen molar-refractivity contribution >= 4 is 16.9 Å². The summed E-state index contributed by atoms with van der Waals surface area (Å²) in [5.41, 5.74) is 2.74. The number of hydrogen-bond donors (Lipinski definition) is 0. The fourth-order valence-corrected chi connectivity index (χ4v) is 2.55. The molecule has 3 aromatic rings. The molecule has 0 N–H and O–H groups in total. The molecule has 4 heteroatoms. The third kappa shape index (κ3) is 3.60. The Morgan fingerprint density at radius 2 is 1.91 bits per heavy atom. The quantitative estimate of drug-likeness (QED) is 0.515. The van der Waals surface area contributed by atoms with E-state index in [0.717, 1.165) is 23.0 Å². The molecule has 2 aromatic carbocycles. The highest BCUT2D eigenvalue weighted by atomic mass is 16.5. The van der Waals surface area contributed by atoms with Crippen LogP contribution in [0.2, 0.25) is 0 Å².